The van der Waals surface area contributed by atoms with Crippen LogP contribution in [0.25, 0.3) is 0 Å². The maximum absolute atomic E-state index is 12.4. The van der Waals surface area contributed by atoms with E-state index in [0.717, 1.165) is 62.4 Å². The van der Waals surface area contributed by atoms with Gasteiger partial charge in [0.1, 0.15) is 5.60 Å². The van der Waals surface area contributed by atoms with Gasteiger partial charge in [-0.1, -0.05) is 106 Å². The van der Waals surface area contributed by atoms with Crippen LogP contribution in [-0.2, 0) is 4.74 Å². The predicted molar refractivity (Wildman–Crippen MR) is 221 cm³/mol. The molecule has 1 rings (SSSR count). The summed E-state index contributed by atoms with van der Waals surface area (Å²) in [6.45, 7) is 38.4. The molecule has 1 fully saturated rings. The first-order chi connectivity index (χ1) is 23.5. The van der Waals surface area contributed by atoms with Crippen molar-refractivity contribution in [2.24, 2.45) is 16.8 Å². The maximum Gasteiger partial charge on any atom is 0.410 e. The summed E-state index contributed by atoms with van der Waals surface area (Å²) < 4.78 is 5.54. The van der Waals surface area contributed by atoms with E-state index in [1.165, 1.54) is 22.4 Å². The Bertz CT molecular complexity index is 1170. The third-order valence-corrected chi connectivity index (χ3v) is 7.30. The Labute approximate surface area is 310 Å². The molecule has 1 aliphatic rings. The summed E-state index contributed by atoms with van der Waals surface area (Å²) in [5.41, 5.74) is 6.40. The predicted octanol–water partition coefficient (Wildman–Crippen LogP) is 13.0. The van der Waals surface area contributed by atoms with Gasteiger partial charge in [-0.05, 0) is 104 Å². The Balaban J connectivity index is -0.000000915. The van der Waals surface area contributed by atoms with Crippen molar-refractivity contribution < 1.29 is 9.53 Å². The molecule has 0 bridgehead atoms. The van der Waals surface area contributed by atoms with Crippen LogP contribution >= 0.6 is 0 Å². The van der Waals surface area contributed by atoms with Crippen LogP contribution in [0.5, 0.6) is 0 Å². The van der Waals surface area contributed by atoms with Gasteiger partial charge in [-0.25, -0.2) is 4.79 Å². The molecule has 1 amide bonds. The second-order valence-electron chi connectivity index (χ2n) is 14.0. The quantitative estimate of drug-likeness (QED) is 0.116. The lowest BCUT2D eigenvalue weighted by Gasteiger charge is -2.38. The zero-order valence-corrected chi connectivity index (χ0v) is 35.7. The number of aliphatic imine (C=N–C) groups is 1. The molecule has 0 spiro atoms. The third kappa shape index (κ3) is 24.7. The zero-order valence-electron chi connectivity index (χ0n) is 35.7. The Kier molecular flexibility index (Phi) is 31.1. The molecule has 0 aliphatic carbocycles. The Hall–Kier alpha value is -3.33. The summed E-state index contributed by atoms with van der Waals surface area (Å²) in [5.74, 6) is 1.29. The Morgan fingerprint density at radius 1 is 0.920 bits per heavy atom. The molecule has 0 radical (unpaired) electrons. The van der Waals surface area contributed by atoms with Crippen molar-refractivity contribution in [1.29, 1.82) is 5.26 Å². The van der Waals surface area contributed by atoms with Crippen LogP contribution in [0, 0.1) is 23.2 Å². The molecule has 6 nitrogen and oxygen atoms in total. The van der Waals surface area contributed by atoms with E-state index in [9.17, 15) is 4.79 Å². The van der Waals surface area contributed by atoms with Gasteiger partial charge in [-0.2, -0.15) is 5.26 Å². The minimum atomic E-state index is -0.464. The van der Waals surface area contributed by atoms with E-state index in [4.69, 9.17) is 15.0 Å². The molecule has 0 aromatic rings. The summed E-state index contributed by atoms with van der Waals surface area (Å²) in [4.78, 5) is 21.3. The number of carbonyl (C=O) groups excluding carboxylic acids is 1. The fraction of sp³-hybridized carbons (Fsp3) is 0.659. The number of rotatable bonds is 12. The number of hydrogen-bond donors (Lipinski definition) is 0. The van der Waals surface area contributed by atoms with Crippen LogP contribution < -0.4 is 0 Å². The number of nitriles is 1. The van der Waals surface area contributed by atoms with Gasteiger partial charge in [0.2, 0.25) is 0 Å². The van der Waals surface area contributed by atoms with E-state index in [1.807, 2.05) is 70.0 Å². The second kappa shape index (κ2) is 30.5. The fourth-order valence-electron chi connectivity index (χ4n) is 4.78. The number of ether oxygens (including phenoxy) is 1. The van der Waals surface area contributed by atoms with E-state index in [1.54, 1.807) is 0 Å². The highest BCUT2D eigenvalue weighted by atomic mass is 16.6. The summed E-state index contributed by atoms with van der Waals surface area (Å²) in [7, 11) is 0. The van der Waals surface area contributed by atoms with Crippen LogP contribution in [0.1, 0.15) is 150 Å². The van der Waals surface area contributed by atoms with Crippen LogP contribution in [-0.4, -0.2) is 53.4 Å². The van der Waals surface area contributed by atoms with E-state index in [2.05, 4.69) is 106 Å². The average molecular weight is 695 g/mol. The number of piperazine rings is 1. The standard InChI is InChI=1S/C25H43N3O2.C13H19N.C4H10.C2H6/c1-10-13-14-26-20(5)23(22(12-3)19(4)11-2)21(6)27-15-17-28(18-16-27)24(29)30-25(7,8)9;1-4-6-7-9-13(11-14)10-12(3)8-5-2;1-4(2)3;1-2/h12-14,19H,10-11,15-18H2,1-9H3;6-7,9-10H,4-5,8H2,1-3H3;4H,1-3H3;1-2H3/b14-13+,22-12-,23-21-,26-20+;7-6+,12-10+,13-9+;;. The average Bonchev–Trinajstić information content (AvgIpc) is 3.06. The van der Waals surface area contributed by atoms with Gasteiger partial charge in [0, 0.05) is 49.4 Å². The maximum atomic E-state index is 12.4. The third-order valence-electron chi connectivity index (χ3n) is 7.30. The molecule has 1 saturated heterocycles. The van der Waals surface area contributed by atoms with E-state index >= 15 is 0 Å². The van der Waals surface area contributed by atoms with Crippen molar-refractivity contribution in [2.75, 3.05) is 26.2 Å². The van der Waals surface area contributed by atoms with Gasteiger partial charge in [0.25, 0.3) is 0 Å². The number of nitrogens with zero attached hydrogens (tertiary/aromatic N) is 4. The minimum absolute atomic E-state index is 0.222. The Morgan fingerprint density at radius 3 is 1.86 bits per heavy atom. The highest BCUT2D eigenvalue weighted by Crippen LogP contribution is 2.29. The van der Waals surface area contributed by atoms with Gasteiger partial charge in [-0.3, -0.25) is 4.99 Å². The minimum Gasteiger partial charge on any atom is -0.444 e. The molecule has 0 aromatic carbocycles. The lowest BCUT2D eigenvalue weighted by molar-refractivity contribution is 0.0168. The normalized spacial score (nSPS) is 15.7. The molecule has 6 heteroatoms. The lowest BCUT2D eigenvalue weighted by Crippen LogP contribution is -2.49. The smallest absolute Gasteiger partial charge is 0.410 e. The van der Waals surface area contributed by atoms with Crippen molar-refractivity contribution in [3.8, 4) is 6.07 Å². The van der Waals surface area contributed by atoms with Crippen molar-refractivity contribution in [2.45, 2.75) is 155 Å². The van der Waals surface area contributed by atoms with Crippen molar-refractivity contribution in [1.82, 2.24) is 9.80 Å². The summed E-state index contributed by atoms with van der Waals surface area (Å²) in [6, 6.07) is 2.18. The molecule has 50 heavy (non-hydrogen) atoms. The summed E-state index contributed by atoms with van der Waals surface area (Å²) in [5, 5.41) is 8.85. The van der Waals surface area contributed by atoms with Gasteiger partial charge in [-0.15, -0.1) is 0 Å². The first kappa shape index (κ1) is 51.0. The Morgan fingerprint density at radius 2 is 1.44 bits per heavy atom. The highest BCUT2D eigenvalue weighted by molar-refractivity contribution is 6.03. The second-order valence-corrected chi connectivity index (χ2v) is 14.0. The number of allylic oxidation sites excluding steroid dienone is 11. The van der Waals surface area contributed by atoms with Gasteiger partial charge < -0.3 is 14.5 Å². The first-order valence-electron chi connectivity index (χ1n) is 19.3. The number of hydrogen-bond acceptors (Lipinski definition) is 5. The van der Waals surface area contributed by atoms with Crippen molar-refractivity contribution in [3.05, 3.63) is 70.6 Å². The molecule has 1 unspecified atom stereocenters. The highest BCUT2D eigenvalue weighted by Gasteiger charge is 2.27. The van der Waals surface area contributed by atoms with Gasteiger partial charge in [0.15, 0.2) is 0 Å². The fourth-order valence-corrected chi connectivity index (χ4v) is 4.78. The van der Waals surface area contributed by atoms with Crippen molar-refractivity contribution >= 4 is 11.8 Å². The molecule has 0 N–H and O–H groups in total. The van der Waals surface area contributed by atoms with Gasteiger partial charge in [0.05, 0.1) is 11.6 Å². The van der Waals surface area contributed by atoms with Crippen molar-refractivity contribution in [3.63, 3.8) is 0 Å². The van der Waals surface area contributed by atoms with Crippen LogP contribution in [0.15, 0.2) is 75.6 Å². The first-order valence-corrected chi connectivity index (χ1v) is 19.3. The topological polar surface area (TPSA) is 68.9 Å². The molecule has 0 aromatic heterocycles. The molecular weight excluding hydrogens is 617 g/mol. The van der Waals surface area contributed by atoms with E-state index < -0.39 is 5.60 Å². The summed E-state index contributed by atoms with van der Waals surface area (Å²) in [6.07, 6.45) is 19.1. The monoisotopic (exact) mass is 695 g/mol. The molecule has 0 saturated carbocycles. The van der Waals surface area contributed by atoms with Crippen LogP contribution in [0.4, 0.5) is 4.79 Å². The van der Waals surface area contributed by atoms with E-state index in [0.29, 0.717) is 19.0 Å². The SMILES string of the molecule is CC.CC(C)C.CC/C=C/C=C(C#N)\C=C(/C)CCC.C\C=C(C(/C(C)=N/C=C/CC)=C(/C)N1CCN(C(=O)OC(C)(C)C)CC1)\C(C)CC. The molecule has 1 aliphatic heterocycles. The van der Waals surface area contributed by atoms with Crippen LogP contribution in [0.2, 0.25) is 0 Å². The number of amides is 1. The van der Waals surface area contributed by atoms with Crippen LogP contribution in [0.3, 0.4) is 0 Å². The molecule has 286 valence electrons. The zero-order chi connectivity index (χ0) is 39.3. The number of carbonyl (C=O) groups is 1. The lowest BCUT2D eigenvalue weighted by atomic mass is 9.87. The molecule has 1 atom stereocenters. The molecule has 1 heterocycles. The van der Waals surface area contributed by atoms with E-state index in [-0.39, 0.29) is 6.09 Å². The largest absolute Gasteiger partial charge is 0.444 e. The molecular formula is C44H78N4O2. The van der Waals surface area contributed by atoms with Gasteiger partial charge >= 0.3 is 6.09 Å². The summed E-state index contributed by atoms with van der Waals surface area (Å²) >= 11 is 0.